The van der Waals surface area contributed by atoms with Gasteiger partial charge in [0.05, 0.1) is 107 Å². The zero-order valence-corrected chi connectivity index (χ0v) is 45.3. The van der Waals surface area contributed by atoms with Gasteiger partial charge in [-0.15, -0.1) is 5.06 Å². The van der Waals surface area contributed by atoms with Gasteiger partial charge in [0.2, 0.25) is 5.36 Å². The number of carbonyl (C=O) groups excluding carboxylic acids is 3. The minimum Gasteiger partial charge on any atom is -0.748 e. The van der Waals surface area contributed by atoms with Crippen molar-refractivity contribution in [1.29, 1.82) is 0 Å². The molecule has 1 fully saturated rings. The highest BCUT2D eigenvalue weighted by Crippen LogP contribution is 2.51. The molecular formula is C52H72N3O19S2-. The molecule has 1 aromatic carbocycles. The molecule has 5 rings (SSSR count). The Labute approximate surface area is 445 Å². The second-order valence-corrected chi connectivity index (χ2v) is 20.9. The van der Waals surface area contributed by atoms with E-state index in [2.05, 4.69) is 4.58 Å². The molecule has 0 radical (unpaired) electrons. The van der Waals surface area contributed by atoms with Crippen LogP contribution in [0.1, 0.15) is 69.4 Å². The number of methoxy groups -OCH3 is 2. The number of allylic oxidation sites excluding steroid dienone is 3. The molecule has 0 saturated carbocycles. The molecule has 422 valence electrons. The molecule has 1 unspecified atom stereocenters. The highest BCUT2D eigenvalue weighted by Gasteiger charge is 2.43. The van der Waals surface area contributed by atoms with Crippen molar-refractivity contribution in [3.63, 3.8) is 0 Å². The van der Waals surface area contributed by atoms with Crippen LogP contribution in [-0.4, -0.2) is 181 Å². The van der Waals surface area contributed by atoms with Gasteiger partial charge in [-0.2, -0.15) is 0 Å². The van der Waals surface area contributed by atoms with E-state index in [9.17, 15) is 40.3 Å². The van der Waals surface area contributed by atoms with Gasteiger partial charge in [-0.3, -0.25) is 9.59 Å². The molecule has 3 aliphatic heterocycles. The lowest BCUT2D eigenvalue weighted by Crippen LogP contribution is -2.36. The van der Waals surface area contributed by atoms with Gasteiger partial charge in [0.25, 0.3) is 11.8 Å². The van der Waals surface area contributed by atoms with Gasteiger partial charge in [0, 0.05) is 74.2 Å². The number of carbonyl (C=O) groups is 3. The molecule has 22 nitrogen and oxygen atoms in total. The third-order valence-corrected chi connectivity index (χ3v) is 14.1. The van der Waals surface area contributed by atoms with E-state index >= 15 is 0 Å². The predicted molar refractivity (Wildman–Crippen MR) is 275 cm³/mol. The Balaban J connectivity index is 1.36. The molecule has 0 bridgehead atoms. The molecule has 0 spiro atoms. The number of imide groups is 1. The van der Waals surface area contributed by atoms with Gasteiger partial charge in [-0.1, -0.05) is 18.6 Å². The minimum atomic E-state index is -4.89. The maximum atomic E-state index is 12.5. The van der Waals surface area contributed by atoms with Crippen molar-refractivity contribution in [2.24, 2.45) is 0 Å². The van der Waals surface area contributed by atoms with Crippen LogP contribution in [0.15, 0.2) is 75.9 Å². The quantitative estimate of drug-likeness (QED) is 0.0343. The molecule has 2 amide bonds. The van der Waals surface area contributed by atoms with Crippen molar-refractivity contribution in [2.45, 2.75) is 68.6 Å². The molecule has 1 aliphatic carbocycles. The molecule has 1 atom stereocenters. The topological polar surface area (TPSA) is 271 Å². The lowest BCUT2D eigenvalue weighted by molar-refractivity contribution is -0.197. The van der Waals surface area contributed by atoms with Crippen LogP contribution in [0.3, 0.4) is 0 Å². The first-order chi connectivity index (χ1) is 36.6. The molecule has 3 heterocycles. The molecule has 1 aromatic rings. The van der Waals surface area contributed by atoms with E-state index in [-0.39, 0.29) is 32.1 Å². The number of benzene rings is 2. The van der Waals surface area contributed by atoms with Crippen LogP contribution >= 0.6 is 0 Å². The van der Waals surface area contributed by atoms with Gasteiger partial charge in [-0.25, -0.2) is 26.2 Å². The van der Waals surface area contributed by atoms with E-state index in [0.717, 1.165) is 16.5 Å². The molecule has 0 N–H and O–H groups in total. The fraction of sp³-hybridized carbons (Fsp3) is 0.577. The summed E-state index contributed by atoms with van der Waals surface area (Å²) in [7, 11) is -6.26. The van der Waals surface area contributed by atoms with Gasteiger partial charge in [-0.05, 0) is 80.1 Å². The fourth-order valence-corrected chi connectivity index (χ4v) is 9.60. The van der Waals surface area contributed by atoms with Crippen LogP contribution in [0.4, 0.5) is 5.69 Å². The minimum absolute atomic E-state index is 0.0216. The first-order valence-corrected chi connectivity index (χ1v) is 28.3. The van der Waals surface area contributed by atoms with Gasteiger partial charge < -0.3 is 61.2 Å². The number of unbranched alkanes of at least 4 members (excludes halogenated alkanes) is 2. The largest absolute Gasteiger partial charge is 0.748 e. The Hall–Kier alpha value is -4.96. The highest BCUT2D eigenvalue weighted by atomic mass is 32.2. The third kappa shape index (κ3) is 20.1. The van der Waals surface area contributed by atoms with Gasteiger partial charge in [0.1, 0.15) is 29.1 Å². The monoisotopic (exact) mass is 1110 g/mol. The SMILES string of the molecule is COCCOCCOCCOCC[N+](CCOCCOCCOCCOC)=c1ccc2c(/C=C/C=C3/N(CCCCCC(=O)ON4C(=O)CCC4=O)c4ccc(S(=O)(=O)[O-])cc4C3(C)CCCS(=O)(=O)[O-])ccoc-2c1. The van der Waals surface area contributed by atoms with Crippen LogP contribution in [0, 0.1) is 0 Å². The summed E-state index contributed by atoms with van der Waals surface area (Å²) in [5.41, 5.74) is 2.22. The van der Waals surface area contributed by atoms with Gasteiger partial charge >= 0.3 is 5.97 Å². The van der Waals surface area contributed by atoms with Crippen LogP contribution in [-0.2, 0) is 82.8 Å². The van der Waals surface area contributed by atoms with Crippen LogP contribution in [0.2, 0.25) is 0 Å². The van der Waals surface area contributed by atoms with Crippen molar-refractivity contribution < 1.29 is 87.5 Å². The van der Waals surface area contributed by atoms with Crippen LogP contribution in [0.25, 0.3) is 17.4 Å². The number of rotatable bonds is 38. The summed E-state index contributed by atoms with van der Waals surface area (Å²) in [5, 5.41) is 1.37. The van der Waals surface area contributed by atoms with Crippen molar-refractivity contribution >= 4 is 49.8 Å². The van der Waals surface area contributed by atoms with E-state index in [1.54, 1.807) is 20.5 Å². The van der Waals surface area contributed by atoms with Crippen LogP contribution in [0.5, 0.6) is 0 Å². The standard InChI is InChI=1S/C52H73N3O19S2/c1-52(19-8-38-75(59,60)61)45-40-43(76(62,63)64)13-15-46(45)54(20-6-4-5-11-51(58)74-55-49(56)16-17-50(55)57)48(52)10-7-9-41-18-23-73-47-39-42(12-14-44(41)47)53(21-24-67-30-32-71-36-34-69-28-26-65-2)22-25-68-31-33-72-37-35-70-29-27-66-3/h7,9-10,12-15,18,23,39-40H,4-6,8,11,16-17,19-22,24-38H2,1-3H3,(H-,59,60,61,62,63,64)/p-1. The van der Waals surface area contributed by atoms with E-state index in [1.165, 1.54) is 18.2 Å². The summed E-state index contributed by atoms with van der Waals surface area (Å²) in [6, 6.07) is 11.7. The summed E-state index contributed by atoms with van der Waals surface area (Å²) >= 11 is 0. The summed E-state index contributed by atoms with van der Waals surface area (Å²) in [6.07, 6.45) is 8.44. The smallest absolute Gasteiger partial charge is 0.333 e. The molecule has 0 aromatic heterocycles. The normalized spacial score (nSPS) is 16.5. The van der Waals surface area contributed by atoms with Crippen molar-refractivity contribution in [3.8, 4) is 11.3 Å². The number of fused-ring (bicyclic) bond motifs is 2. The first kappa shape index (κ1) is 61.9. The zero-order chi connectivity index (χ0) is 54.8. The number of hydrogen-bond donors (Lipinski definition) is 0. The second-order valence-electron chi connectivity index (χ2n) is 18.0. The second kappa shape index (κ2) is 32.1. The summed E-state index contributed by atoms with van der Waals surface area (Å²) in [6.45, 7) is 9.52. The average Bonchev–Trinajstić information content (AvgIpc) is 3.82. The van der Waals surface area contributed by atoms with Crippen molar-refractivity contribution in [2.75, 3.05) is 137 Å². The number of nitrogens with zero attached hydrogens (tertiary/aromatic N) is 3. The van der Waals surface area contributed by atoms with Crippen molar-refractivity contribution in [3.05, 3.63) is 83.1 Å². The van der Waals surface area contributed by atoms with E-state index in [0.29, 0.717) is 159 Å². The van der Waals surface area contributed by atoms with Gasteiger partial charge in [0.15, 0.2) is 13.1 Å². The lowest BCUT2D eigenvalue weighted by atomic mass is 9.77. The zero-order valence-electron chi connectivity index (χ0n) is 43.7. The Kier molecular flexibility index (Phi) is 26.1. The Morgan fingerprint density at radius 1 is 0.724 bits per heavy atom. The Morgan fingerprint density at radius 2 is 1.30 bits per heavy atom. The number of hydrogen-bond acceptors (Lipinski definition) is 20. The summed E-state index contributed by atoms with van der Waals surface area (Å²) < 4.78 is 124. The Morgan fingerprint density at radius 3 is 1.87 bits per heavy atom. The molecule has 76 heavy (non-hydrogen) atoms. The van der Waals surface area contributed by atoms with Crippen LogP contribution < -0.4 is 14.8 Å². The van der Waals surface area contributed by atoms with Crippen molar-refractivity contribution in [1.82, 2.24) is 9.64 Å². The third-order valence-electron chi connectivity index (χ3n) is 12.5. The predicted octanol–water partition coefficient (Wildman–Crippen LogP) is 3.62. The molecule has 1 saturated heterocycles. The molecular weight excluding hydrogens is 1030 g/mol. The molecule has 4 aliphatic rings. The number of ether oxygens (including phenoxy) is 8. The Bertz CT molecular complexity index is 2610. The number of anilines is 1. The number of amides is 2. The maximum Gasteiger partial charge on any atom is 0.333 e. The summed E-state index contributed by atoms with van der Waals surface area (Å²) in [4.78, 5) is 42.9. The first-order valence-electron chi connectivity index (χ1n) is 25.4. The lowest BCUT2D eigenvalue weighted by Gasteiger charge is -2.31. The molecule has 24 heteroatoms. The average molecular weight is 1110 g/mol. The number of hydroxylamine groups is 2. The van der Waals surface area contributed by atoms with E-state index < -0.39 is 54.1 Å². The van der Waals surface area contributed by atoms with E-state index in [1.807, 2.05) is 54.3 Å². The highest BCUT2D eigenvalue weighted by molar-refractivity contribution is 7.86. The fourth-order valence-electron chi connectivity index (χ4n) is 8.61. The maximum absolute atomic E-state index is 12.5. The van der Waals surface area contributed by atoms with E-state index in [4.69, 9.17) is 47.1 Å². The summed E-state index contributed by atoms with van der Waals surface area (Å²) in [5.74, 6) is -1.94.